The Morgan fingerprint density at radius 2 is 1.85 bits per heavy atom. The van der Waals surface area contributed by atoms with Gasteiger partial charge in [0.05, 0.1) is 17.8 Å². The molecule has 0 fully saturated rings. The Morgan fingerprint density at radius 1 is 1.04 bits per heavy atom. The van der Waals surface area contributed by atoms with Gasteiger partial charge in [-0.3, -0.25) is 5.32 Å². The van der Waals surface area contributed by atoms with Gasteiger partial charge in [-0.25, -0.2) is 4.98 Å². The van der Waals surface area contributed by atoms with E-state index in [1.54, 1.807) is 6.26 Å². The van der Waals surface area contributed by atoms with Crippen molar-refractivity contribution in [3.05, 3.63) is 100 Å². The maximum Gasteiger partial charge on any atom is 0.134 e. The fraction of sp³-hybridized carbons (Fsp3) is 0.174. The Kier molecular flexibility index (Phi) is 4.97. The molecule has 0 saturated carbocycles. The molecule has 0 spiro atoms. The second-order valence-electron chi connectivity index (χ2n) is 6.76. The van der Waals surface area contributed by atoms with E-state index < -0.39 is 0 Å². The molecule has 0 aliphatic carbocycles. The second kappa shape index (κ2) is 7.55. The van der Waals surface area contributed by atoms with Crippen molar-refractivity contribution in [1.82, 2.24) is 10.3 Å². The fourth-order valence-corrected chi connectivity index (χ4v) is 3.53. The van der Waals surface area contributed by atoms with Crippen molar-refractivity contribution in [3.63, 3.8) is 0 Å². The number of rotatable bonds is 5. The van der Waals surface area contributed by atoms with Gasteiger partial charge in [0, 0.05) is 17.5 Å². The third kappa shape index (κ3) is 3.61. The Labute approximate surface area is 164 Å². The summed E-state index contributed by atoms with van der Waals surface area (Å²) >= 11 is 6.51. The zero-order chi connectivity index (χ0) is 18.8. The molecular weight excluding hydrogens is 356 g/mol. The summed E-state index contributed by atoms with van der Waals surface area (Å²) in [5.41, 5.74) is 5.48. The van der Waals surface area contributed by atoms with Crippen molar-refractivity contribution < 1.29 is 4.42 Å². The molecule has 0 saturated heterocycles. The molecular formula is C23H21ClN2O. The van der Waals surface area contributed by atoms with Gasteiger partial charge in [-0.15, -0.1) is 0 Å². The molecule has 0 radical (unpaired) electrons. The number of aryl methyl sites for hydroxylation is 2. The first-order chi connectivity index (χ1) is 13.1. The molecule has 2 aromatic heterocycles. The van der Waals surface area contributed by atoms with Crippen LogP contribution in [0.2, 0.25) is 5.15 Å². The quantitative estimate of drug-likeness (QED) is 0.435. The topological polar surface area (TPSA) is 38.1 Å². The largest absolute Gasteiger partial charge is 0.467 e. The average molecular weight is 377 g/mol. The van der Waals surface area contributed by atoms with E-state index in [1.807, 2.05) is 30.3 Å². The molecule has 27 heavy (non-hydrogen) atoms. The van der Waals surface area contributed by atoms with Crippen LogP contribution >= 0.6 is 11.6 Å². The lowest BCUT2D eigenvalue weighted by atomic mass is 10.0. The molecule has 2 aromatic carbocycles. The summed E-state index contributed by atoms with van der Waals surface area (Å²) in [6.45, 7) is 4.77. The Bertz CT molecular complexity index is 1060. The molecule has 4 aromatic rings. The Hall–Kier alpha value is -2.62. The van der Waals surface area contributed by atoms with Crippen LogP contribution in [0.5, 0.6) is 0 Å². The molecule has 0 bridgehead atoms. The zero-order valence-electron chi connectivity index (χ0n) is 15.4. The number of pyridine rings is 1. The van der Waals surface area contributed by atoms with Gasteiger partial charge in [-0.2, -0.15) is 0 Å². The van der Waals surface area contributed by atoms with E-state index in [-0.39, 0.29) is 6.04 Å². The van der Waals surface area contributed by atoms with Crippen molar-refractivity contribution in [2.24, 2.45) is 0 Å². The Balaban J connectivity index is 1.65. The highest BCUT2D eigenvalue weighted by Crippen LogP contribution is 2.27. The highest BCUT2D eigenvalue weighted by atomic mass is 35.5. The number of halogens is 1. The van der Waals surface area contributed by atoms with Gasteiger partial charge in [-0.05, 0) is 48.7 Å². The van der Waals surface area contributed by atoms with E-state index in [2.05, 4.69) is 54.5 Å². The van der Waals surface area contributed by atoms with Crippen molar-refractivity contribution in [3.8, 4) is 0 Å². The standard InChI is InChI=1S/C23H21ClN2O/c1-15-10-11-18-13-19(23(24)26-21(18)16(15)2)14-25-22(20-9-6-12-27-20)17-7-4-3-5-8-17/h3-13,22,25H,14H2,1-2H3/t22-/m1/s1. The smallest absolute Gasteiger partial charge is 0.134 e. The Morgan fingerprint density at radius 3 is 2.59 bits per heavy atom. The first-order valence-corrected chi connectivity index (χ1v) is 9.38. The second-order valence-corrected chi connectivity index (χ2v) is 7.12. The molecule has 1 atom stereocenters. The van der Waals surface area contributed by atoms with Crippen LogP contribution in [0.4, 0.5) is 0 Å². The van der Waals surface area contributed by atoms with Gasteiger partial charge in [0.1, 0.15) is 10.9 Å². The molecule has 0 aliphatic rings. The predicted molar refractivity (Wildman–Crippen MR) is 110 cm³/mol. The highest BCUT2D eigenvalue weighted by Gasteiger charge is 2.17. The van der Waals surface area contributed by atoms with Crippen LogP contribution < -0.4 is 5.32 Å². The van der Waals surface area contributed by atoms with Crippen LogP contribution in [0, 0.1) is 13.8 Å². The fourth-order valence-electron chi connectivity index (χ4n) is 3.32. The molecule has 4 heteroatoms. The van der Waals surface area contributed by atoms with Gasteiger partial charge in [-0.1, -0.05) is 54.1 Å². The molecule has 0 amide bonds. The summed E-state index contributed by atoms with van der Waals surface area (Å²) in [5.74, 6) is 0.873. The van der Waals surface area contributed by atoms with Crippen LogP contribution in [0.3, 0.4) is 0 Å². The van der Waals surface area contributed by atoms with Crippen molar-refractivity contribution in [2.75, 3.05) is 0 Å². The van der Waals surface area contributed by atoms with Crippen molar-refractivity contribution in [1.29, 1.82) is 0 Å². The van der Waals surface area contributed by atoms with Gasteiger partial charge in [0.15, 0.2) is 0 Å². The highest BCUT2D eigenvalue weighted by molar-refractivity contribution is 6.30. The molecule has 136 valence electrons. The molecule has 2 heterocycles. The SMILES string of the molecule is Cc1ccc2cc(CN[C@H](c3ccccc3)c3ccco3)c(Cl)nc2c1C. The van der Waals surface area contributed by atoms with Crippen LogP contribution in [0.25, 0.3) is 10.9 Å². The lowest BCUT2D eigenvalue weighted by Crippen LogP contribution is -2.22. The molecule has 0 aliphatic heterocycles. The summed E-state index contributed by atoms with van der Waals surface area (Å²) in [6, 6.07) is 20.4. The molecule has 1 N–H and O–H groups in total. The van der Waals surface area contributed by atoms with Crippen LogP contribution in [0.15, 0.2) is 71.3 Å². The van der Waals surface area contributed by atoms with E-state index in [0.717, 1.165) is 27.8 Å². The van der Waals surface area contributed by atoms with E-state index >= 15 is 0 Å². The summed E-state index contributed by atoms with van der Waals surface area (Å²) in [5, 5.41) is 5.21. The van der Waals surface area contributed by atoms with Crippen molar-refractivity contribution in [2.45, 2.75) is 26.4 Å². The van der Waals surface area contributed by atoms with Crippen LogP contribution in [-0.4, -0.2) is 4.98 Å². The number of nitrogens with one attached hydrogen (secondary N) is 1. The van der Waals surface area contributed by atoms with E-state index in [4.69, 9.17) is 16.0 Å². The number of hydrogen-bond acceptors (Lipinski definition) is 3. The van der Waals surface area contributed by atoms with E-state index in [1.165, 1.54) is 11.1 Å². The average Bonchev–Trinajstić information content (AvgIpc) is 3.21. The monoisotopic (exact) mass is 376 g/mol. The lowest BCUT2D eigenvalue weighted by Gasteiger charge is -2.18. The number of hydrogen-bond donors (Lipinski definition) is 1. The minimum absolute atomic E-state index is 0.0484. The third-order valence-corrected chi connectivity index (χ3v) is 5.32. The summed E-state index contributed by atoms with van der Waals surface area (Å²) < 4.78 is 5.66. The normalized spacial score (nSPS) is 12.4. The number of nitrogens with zero attached hydrogens (tertiary/aromatic N) is 1. The van der Waals surface area contributed by atoms with Gasteiger partial charge >= 0.3 is 0 Å². The number of aromatic nitrogens is 1. The first-order valence-electron chi connectivity index (χ1n) is 9.00. The summed E-state index contributed by atoms with van der Waals surface area (Å²) in [6.07, 6.45) is 1.70. The predicted octanol–water partition coefficient (Wildman–Crippen LogP) is 5.98. The van der Waals surface area contributed by atoms with Gasteiger partial charge < -0.3 is 4.42 Å². The van der Waals surface area contributed by atoms with Crippen LogP contribution in [-0.2, 0) is 6.54 Å². The first kappa shape index (κ1) is 17.8. The molecule has 3 nitrogen and oxygen atoms in total. The summed E-state index contributed by atoms with van der Waals surface area (Å²) in [4.78, 5) is 4.65. The third-order valence-electron chi connectivity index (χ3n) is 4.99. The maximum atomic E-state index is 6.51. The summed E-state index contributed by atoms with van der Waals surface area (Å²) in [7, 11) is 0. The zero-order valence-corrected chi connectivity index (χ0v) is 16.1. The maximum absolute atomic E-state index is 6.51. The van der Waals surface area contributed by atoms with E-state index in [9.17, 15) is 0 Å². The van der Waals surface area contributed by atoms with E-state index in [0.29, 0.717) is 11.7 Å². The van der Waals surface area contributed by atoms with Gasteiger partial charge in [0.25, 0.3) is 0 Å². The van der Waals surface area contributed by atoms with Crippen molar-refractivity contribution >= 4 is 22.5 Å². The minimum Gasteiger partial charge on any atom is -0.467 e. The number of benzene rings is 2. The molecule has 4 rings (SSSR count). The number of fused-ring (bicyclic) bond motifs is 1. The minimum atomic E-state index is -0.0484. The lowest BCUT2D eigenvalue weighted by molar-refractivity contribution is 0.446. The molecule has 0 unspecified atom stereocenters. The van der Waals surface area contributed by atoms with Gasteiger partial charge in [0.2, 0.25) is 0 Å². The van der Waals surface area contributed by atoms with Crippen LogP contribution in [0.1, 0.15) is 34.1 Å². The number of furan rings is 1.